The molecule has 10 aromatic carbocycles. The zero-order chi connectivity index (χ0) is 57.4. The van der Waals surface area contributed by atoms with Crippen molar-refractivity contribution in [3.8, 4) is 83.6 Å². The quantitative estimate of drug-likeness (QED) is 0.143. The lowest BCUT2D eigenvalue weighted by atomic mass is 9.84. The van der Waals surface area contributed by atoms with Gasteiger partial charge in [-0.15, -0.1) is 0 Å². The predicted octanol–water partition coefficient (Wildman–Crippen LogP) is 22.7. The van der Waals surface area contributed by atoms with Crippen LogP contribution in [-0.2, 0) is 27.8 Å². The molecule has 1 aromatic heterocycles. The average molecular weight is 1070 g/mol. The van der Waals surface area contributed by atoms with Crippen LogP contribution in [0.3, 0.4) is 0 Å². The second-order valence-corrected chi connectivity index (χ2v) is 26.3. The molecule has 0 spiro atoms. The molecule has 0 aliphatic carbocycles. The summed E-state index contributed by atoms with van der Waals surface area (Å²) in [6, 6.07) is 76.2. The Hall–Kier alpha value is -8.21. The van der Waals surface area contributed by atoms with Gasteiger partial charge in [-0.2, -0.15) is 13.2 Å². The lowest BCUT2D eigenvalue weighted by Gasteiger charge is -2.21. The number of fused-ring (bicyclic) bond motifs is 3. The third-order valence-electron chi connectivity index (χ3n) is 16.2. The van der Waals surface area contributed by atoms with Crippen LogP contribution in [0.15, 0.2) is 218 Å². The summed E-state index contributed by atoms with van der Waals surface area (Å²) < 4.78 is 47.0. The van der Waals surface area contributed by atoms with E-state index >= 15 is 0 Å². The van der Waals surface area contributed by atoms with Gasteiger partial charge in [0.05, 0.1) is 22.3 Å². The van der Waals surface area contributed by atoms with Gasteiger partial charge in [-0.25, -0.2) is 0 Å². The summed E-state index contributed by atoms with van der Waals surface area (Å²) in [7, 11) is 0. The Bertz CT molecular complexity index is 3820. The van der Waals surface area contributed by atoms with E-state index < -0.39 is 11.7 Å². The van der Waals surface area contributed by atoms with Crippen molar-refractivity contribution in [3.63, 3.8) is 0 Å². The molecule has 0 atom stereocenters. The Morgan fingerprint density at radius 3 is 0.877 bits per heavy atom. The van der Waals surface area contributed by atoms with Crippen LogP contribution in [0, 0.1) is 0 Å². The van der Waals surface area contributed by atoms with E-state index in [0.29, 0.717) is 11.3 Å². The van der Waals surface area contributed by atoms with Crippen molar-refractivity contribution in [2.45, 2.75) is 111 Å². The van der Waals surface area contributed by atoms with E-state index in [9.17, 15) is 13.2 Å². The molecule has 406 valence electrons. The molecule has 0 aliphatic heterocycles. The normalized spacial score (nSPS) is 12.6. The van der Waals surface area contributed by atoms with Crippen LogP contribution < -0.4 is 0 Å². The molecule has 1 nitrogen and oxygen atoms in total. The van der Waals surface area contributed by atoms with Gasteiger partial charge in [0.2, 0.25) is 0 Å². The molecule has 0 bridgehead atoms. The number of aromatic nitrogens is 1. The molecular formula is C77H72F3N. The second-order valence-electron chi connectivity index (χ2n) is 26.3. The number of hydrogen-bond acceptors (Lipinski definition) is 0. The highest BCUT2D eigenvalue weighted by molar-refractivity contribution is 6.12. The first-order valence-electron chi connectivity index (χ1n) is 28.4. The number of rotatable bonds is 8. The minimum absolute atomic E-state index is 0.0411. The Balaban J connectivity index is 1.18. The third kappa shape index (κ3) is 11.1. The Morgan fingerprint density at radius 1 is 0.259 bits per heavy atom. The highest BCUT2D eigenvalue weighted by Gasteiger charge is 2.34. The van der Waals surface area contributed by atoms with Crippen LogP contribution in [0.4, 0.5) is 13.2 Å². The number of nitrogens with zero attached hydrogens (tertiary/aromatic N) is 1. The van der Waals surface area contributed by atoms with Gasteiger partial charge < -0.3 is 4.57 Å². The maximum Gasteiger partial charge on any atom is 0.417 e. The van der Waals surface area contributed by atoms with Crippen LogP contribution in [-0.4, -0.2) is 4.57 Å². The molecule has 11 rings (SSSR count). The van der Waals surface area contributed by atoms with E-state index in [1.54, 1.807) is 12.1 Å². The van der Waals surface area contributed by atoms with Gasteiger partial charge in [0.15, 0.2) is 0 Å². The van der Waals surface area contributed by atoms with Crippen molar-refractivity contribution >= 4 is 21.8 Å². The fraction of sp³-hybridized carbons (Fsp3) is 0.221. The smallest absolute Gasteiger partial charge is 0.309 e. The molecule has 0 N–H and O–H groups in total. The van der Waals surface area contributed by atoms with Gasteiger partial charge >= 0.3 is 6.18 Å². The van der Waals surface area contributed by atoms with Crippen molar-refractivity contribution < 1.29 is 13.2 Å². The van der Waals surface area contributed by atoms with Gasteiger partial charge in [-0.1, -0.05) is 229 Å². The van der Waals surface area contributed by atoms with Crippen LogP contribution in [0.25, 0.3) is 105 Å². The summed E-state index contributed by atoms with van der Waals surface area (Å²) in [5, 5.41) is 1.98. The third-order valence-corrected chi connectivity index (χ3v) is 16.2. The molecular weight excluding hydrogens is 996 g/mol. The monoisotopic (exact) mass is 1070 g/mol. The first-order valence-corrected chi connectivity index (χ1v) is 28.4. The van der Waals surface area contributed by atoms with E-state index in [-0.39, 0.29) is 27.2 Å². The SMILES string of the molecule is CC(C)(C)c1cccc(-c2cc(-c3cccc(C(C)(C)C)c3)cc(-c3ccc4c(c3)c3cc(-c5cc(-c6cccc(C(C)(C)C)c6)cc(-c6cccc(C(C)(C)C)c6)c5)ccc3n4-c3ccccc3-c3ccccc3C(F)(F)F)c2)c1. The fourth-order valence-electron chi connectivity index (χ4n) is 11.4. The van der Waals surface area contributed by atoms with E-state index in [1.165, 1.54) is 34.4 Å². The molecule has 0 amide bonds. The summed E-state index contributed by atoms with van der Waals surface area (Å²) in [5.74, 6) is 0. The second kappa shape index (κ2) is 20.4. The topological polar surface area (TPSA) is 4.93 Å². The molecule has 0 radical (unpaired) electrons. The molecule has 0 fully saturated rings. The van der Waals surface area contributed by atoms with E-state index in [4.69, 9.17) is 0 Å². The summed E-state index contributed by atoms with van der Waals surface area (Å²) in [6.45, 7) is 27.0. The van der Waals surface area contributed by atoms with Crippen molar-refractivity contribution in [1.29, 1.82) is 0 Å². The van der Waals surface area contributed by atoms with Gasteiger partial charge in [0.1, 0.15) is 0 Å². The summed E-state index contributed by atoms with van der Waals surface area (Å²) in [5.41, 5.74) is 20.6. The number of alkyl halides is 3. The van der Waals surface area contributed by atoms with Gasteiger partial charge in [0, 0.05) is 16.3 Å². The Morgan fingerprint density at radius 2 is 0.556 bits per heavy atom. The molecule has 1 heterocycles. The largest absolute Gasteiger partial charge is 0.417 e. The molecule has 0 saturated carbocycles. The number of hydrogen-bond donors (Lipinski definition) is 0. The highest BCUT2D eigenvalue weighted by Crippen LogP contribution is 2.45. The standard InChI is InChI=1S/C77H72F3N/c1-73(2,3)61-25-17-21-49(43-61)55-37-56(50-22-18-26-62(44-50)74(4,5)6)40-59(39-55)53-33-35-71-67(47-53)68-48-54(34-36-72(68)81(71)70-32-16-14-30-66(70)65-29-13-15-31-69(65)77(78,79)80)60-41-57(51-23-19-27-63(45-51)75(7,8)9)38-58(42-60)52-24-20-28-64(46-52)76(10,11)12/h13-48H,1-12H3. The van der Waals surface area contributed by atoms with E-state index in [2.05, 4.69) is 258 Å². The summed E-state index contributed by atoms with van der Waals surface area (Å²) in [6.07, 6.45) is -4.56. The van der Waals surface area contributed by atoms with E-state index in [1.807, 2.05) is 24.3 Å². The minimum atomic E-state index is -4.56. The minimum Gasteiger partial charge on any atom is -0.309 e. The zero-order valence-electron chi connectivity index (χ0n) is 48.9. The Kier molecular flexibility index (Phi) is 13.8. The van der Waals surface area contributed by atoms with Crippen LogP contribution in [0.1, 0.15) is 111 Å². The number of benzene rings is 10. The van der Waals surface area contributed by atoms with Crippen LogP contribution in [0.2, 0.25) is 0 Å². The van der Waals surface area contributed by atoms with Gasteiger partial charge in [-0.3, -0.25) is 0 Å². The van der Waals surface area contributed by atoms with Crippen molar-refractivity contribution in [2.75, 3.05) is 0 Å². The summed E-state index contributed by atoms with van der Waals surface area (Å²) >= 11 is 0. The fourth-order valence-corrected chi connectivity index (χ4v) is 11.4. The first kappa shape index (κ1) is 54.7. The molecule has 11 aromatic rings. The molecule has 4 heteroatoms. The first-order chi connectivity index (χ1) is 38.3. The predicted molar refractivity (Wildman–Crippen MR) is 339 cm³/mol. The molecule has 81 heavy (non-hydrogen) atoms. The van der Waals surface area contributed by atoms with Gasteiger partial charge in [0.25, 0.3) is 0 Å². The lowest BCUT2D eigenvalue weighted by molar-refractivity contribution is -0.137. The highest BCUT2D eigenvalue weighted by atomic mass is 19.4. The maximum absolute atomic E-state index is 15.0. The van der Waals surface area contributed by atoms with Crippen LogP contribution in [0.5, 0.6) is 0 Å². The van der Waals surface area contributed by atoms with Crippen molar-refractivity contribution in [2.24, 2.45) is 0 Å². The zero-order valence-corrected chi connectivity index (χ0v) is 48.9. The average Bonchev–Trinajstić information content (AvgIpc) is 3.82. The number of halogens is 3. The van der Waals surface area contributed by atoms with Crippen molar-refractivity contribution in [1.82, 2.24) is 4.57 Å². The maximum atomic E-state index is 15.0. The van der Waals surface area contributed by atoms with Crippen molar-refractivity contribution in [3.05, 3.63) is 246 Å². The molecule has 0 saturated heterocycles. The Labute approximate surface area is 477 Å². The number of para-hydroxylation sites is 1. The molecule has 0 unspecified atom stereocenters. The lowest BCUT2D eigenvalue weighted by Crippen LogP contribution is -2.10. The summed E-state index contributed by atoms with van der Waals surface area (Å²) in [4.78, 5) is 0. The van der Waals surface area contributed by atoms with Crippen LogP contribution >= 0.6 is 0 Å². The molecule has 0 aliphatic rings. The van der Waals surface area contributed by atoms with Gasteiger partial charge in [-0.05, 0) is 189 Å². The van der Waals surface area contributed by atoms with E-state index in [0.717, 1.165) is 88.6 Å².